The van der Waals surface area contributed by atoms with E-state index in [0.29, 0.717) is 52.6 Å². The van der Waals surface area contributed by atoms with Gasteiger partial charge in [-0.25, -0.2) is 29.9 Å². The number of hydrogen-bond acceptors (Lipinski definition) is 14. The maximum atomic E-state index is 14.8. The number of fused-ring (bicyclic) bond motifs is 6. The third kappa shape index (κ3) is 9.60. The summed E-state index contributed by atoms with van der Waals surface area (Å²) < 4.78 is 33.7. The molecule has 2 aliphatic carbocycles. The van der Waals surface area contributed by atoms with E-state index in [1.54, 1.807) is 12.4 Å². The lowest BCUT2D eigenvalue weighted by molar-refractivity contribution is -0.138. The van der Waals surface area contributed by atoms with E-state index in [2.05, 4.69) is 50.3 Å². The number of aliphatic carboxylic acids is 1. The quantitative estimate of drug-likeness (QED) is 0.0837. The largest absolute Gasteiger partial charge is 0.481 e. The molecule has 18 nitrogen and oxygen atoms in total. The number of aromatic nitrogens is 10. The van der Waals surface area contributed by atoms with Gasteiger partial charge in [-0.15, -0.1) is 0 Å². The normalized spacial score (nSPS) is 17.3. The van der Waals surface area contributed by atoms with Crippen molar-refractivity contribution in [3.05, 3.63) is 85.5 Å². The highest BCUT2D eigenvalue weighted by molar-refractivity contribution is 6.07. The predicted octanol–water partition coefficient (Wildman–Crippen LogP) is 9.53. The number of primary amides is 1. The minimum atomic E-state index is -0.726. The molecule has 72 heavy (non-hydrogen) atoms. The Labute approximate surface area is 413 Å². The van der Waals surface area contributed by atoms with Crippen molar-refractivity contribution in [3.63, 3.8) is 0 Å². The van der Waals surface area contributed by atoms with Crippen molar-refractivity contribution in [2.24, 2.45) is 17.6 Å². The summed E-state index contributed by atoms with van der Waals surface area (Å²) in [6.45, 7) is 3.40. The lowest BCUT2D eigenvalue weighted by Crippen LogP contribution is -2.35. The summed E-state index contributed by atoms with van der Waals surface area (Å²) in [4.78, 5) is 62.2. The van der Waals surface area contributed by atoms with Crippen LogP contribution in [-0.2, 0) is 9.59 Å². The van der Waals surface area contributed by atoms with Crippen molar-refractivity contribution in [1.29, 1.82) is 0 Å². The van der Waals surface area contributed by atoms with Crippen LogP contribution in [0.25, 0.3) is 43.9 Å². The van der Waals surface area contributed by atoms with Gasteiger partial charge in [-0.2, -0.15) is 18.7 Å². The average Bonchev–Trinajstić information content (AvgIpc) is 4.22. The highest BCUT2D eigenvalue weighted by Gasteiger charge is 2.28. The van der Waals surface area contributed by atoms with Gasteiger partial charge in [0.1, 0.15) is 34.0 Å². The van der Waals surface area contributed by atoms with Crippen LogP contribution in [0.5, 0.6) is 0 Å². The standard InChI is InChI=1S/C26H29FN8O.C26H28FN7O2/c27-24-23-19(7-10-29-24)20-15-31-26(33-25(20)35(23)17-3-1-2-4-17)32-22-6-5-18(14-30-22)34-11-8-16(9-12-34)13-21(28)36;27-24-23-19(7-10-28-24)20-15-30-26(32-25(20)34(23)17-3-1-2-4-17)31-21-6-5-18(14-29-21)33-11-8-16(9-12-33)13-22(35)36/h5-7,10,14-17H,1-4,8-9,11-13H2,(H2,28,36)(H,30,31,32,33);5-7,10,14-17H,1-4,8-9,11-13H2,(H,35,36)(H,29,30,31,32). The van der Waals surface area contributed by atoms with E-state index in [9.17, 15) is 18.4 Å². The Morgan fingerprint density at radius 3 is 1.38 bits per heavy atom. The molecule has 10 heterocycles. The molecule has 0 atom stereocenters. The number of piperidine rings is 2. The van der Waals surface area contributed by atoms with Crippen molar-refractivity contribution in [2.45, 2.75) is 102 Å². The Balaban J connectivity index is 0.000000156. The molecule has 4 aliphatic rings. The summed E-state index contributed by atoms with van der Waals surface area (Å²) >= 11 is 0. The number of pyridine rings is 4. The first-order valence-corrected chi connectivity index (χ1v) is 25.2. The number of carboxylic acids is 1. The number of hydrogen-bond donors (Lipinski definition) is 4. The molecular weight excluding hydrogens is 921 g/mol. The van der Waals surface area contributed by atoms with Crippen LogP contribution in [0.1, 0.15) is 102 Å². The molecule has 0 bridgehead atoms. The second kappa shape index (κ2) is 20.2. The van der Waals surface area contributed by atoms with Gasteiger partial charge in [0, 0.05) is 97.4 Å². The summed E-state index contributed by atoms with van der Waals surface area (Å²) in [6.07, 6.45) is 23.0. The lowest BCUT2D eigenvalue weighted by Gasteiger charge is -2.33. The number of halogens is 2. The molecular formula is C52H57F2N15O3. The van der Waals surface area contributed by atoms with Gasteiger partial charge in [-0.05, 0) is 99.6 Å². The van der Waals surface area contributed by atoms with Crippen LogP contribution in [0.2, 0.25) is 0 Å². The van der Waals surface area contributed by atoms with Crippen LogP contribution in [0.4, 0.5) is 43.7 Å². The molecule has 2 saturated heterocycles. The zero-order chi connectivity index (χ0) is 49.3. The molecule has 8 aromatic heterocycles. The number of anilines is 6. The maximum absolute atomic E-state index is 14.8. The lowest BCUT2D eigenvalue weighted by atomic mass is 9.93. The first-order valence-electron chi connectivity index (χ1n) is 25.2. The molecule has 5 N–H and O–H groups in total. The summed E-state index contributed by atoms with van der Waals surface area (Å²) in [5.74, 6) is 0.797. The fraction of sp³-hybridized carbons (Fsp3) is 0.423. The van der Waals surface area contributed by atoms with Crippen LogP contribution in [-0.4, -0.2) is 92.2 Å². The van der Waals surface area contributed by atoms with E-state index in [-0.39, 0.29) is 30.3 Å². The van der Waals surface area contributed by atoms with E-state index < -0.39 is 17.9 Å². The minimum absolute atomic E-state index is 0.198. The summed E-state index contributed by atoms with van der Waals surface area (Å²) in [7, 11) is 0. The Bertz CT molecular complexity index is 3030. The van der Waals surface area contributed by atoms with Crippen molar-refractivity contribution >= 4 is 90.7 Å². The van der Waals surface area contributed by atoms with Crippen LogP contribution >= 0.6 is 0 Å². The van der Waals surface area contributed by atoms with Crippen molar-refractivity contribution in [3.8, 4) is 0 Å². The van der Waals surface area contributed by atoms with Gasteiger partial charge in [0.2, 0.25) is 29.7 Å². The average molecular weight is 978 g/mol. The highest BCUT2D eigenvalue weighted by atomic mass is 19.1. The Morgan fingerprint density at radius 2 is 0.986 bits per heavy atom. The van der Waals surface area contributed by atoms with Crippen molar-refractivity contribution in [2.75, 3.05) is 46.6 Å². The number of carbonyl (C=O) groups is 2. The molecule has 4 fully saturated rings. The van der Waals surface area contributed by atoms with Gasteiger partial charge < -0.3 is 40.4 Å². The molecule has 0 unspecified atom stereocenters. The zero-order valence-electron chi connectivity index (χ0n) is 39.9. The smallest absolute Gasteiger partial charge is 0.303 e. The SMILES string of the molecule is NC(=O)CC1CCN(c2ccc(Nc3ncc4c5ccnc(F)c5n(C5CCCC5)c4n3)nc2)CC1.O=C(O)CC1CCN(c2ccc(Nc3ncc4c5ccnc(F)c5n(C5CCCC5)c4n3)nc2)CC1. The highest BCUT2D eigenvalue weighted by Crippen LogP contribution is 2.40. The van der Waals surface area contributed by atoms with Crippen molar-refractivity contribution < 1.29 is 23.5 Å². The molecule has 0 spiro atoms. The van der Waals surface area contributed by atoms with Crippen LogP contribution < -0.4 is 26.2 Å². The topological polar surface area (TPSA) is 224 Å². The molecule has 2 saturated carbocycles. The van der Waals surface area contributed by atoms with E-state index in [0.717, 1.165) is 142 Å². The molecule has 2 aliphatic heterocycles. The van der Waals surface area contributed by atoms with Gasteiger partial charge in [0.05, 0.1) is 23.8 Å². The molecule has 8 aromatic rings. The Hall–Kier alpha value is -7.64. The fourth-order valence-electron chi connectivity index (χ4n) is 11.5. The monoisotopic (exact) mass is 977 g/mol. The number of nitrogens with one attached hydrogen (secondary N) is 2. The van der Waals surface area contributed by atoms with Gasteiger partial charge in [-0.1, -0.05) is 25.7 Å². The molecule has 1 amide bonds. The number of rotatable bonds is 12. The molecule has 0 radical (unpaired) electrons. The number of carboxylic acid groups (broad SMARTS) is 1. The molecule has 20 heteroatoms. The second-order valence-corrected chi connectivity index (χ2v) is 19.7. The summed E-state index contributed by atoms with van der Waals surface area (Å²) in [6, 6.07) is 11.9. The zero-order valence-corrected chi connectivity index (χ0v) is 39.9. The second-order valence-electron chi connectivity index (χ2n) is 19.7. The molecule has 12 rings (SSSR count). The van der Waals surface area contributed by atoms with Gasteiger partial charge in [-0.3, -0.25) is 9.59 Å². The Kier molecular flexibility index (Phi) is 13.1. The van der Waals surface area contributed by atoms with E-state index >= 15 is 0 Å². The Morgan fingerprint density at radius 1 is 0.556 bits per heavy atom. The first-order chi connectivity index (χ1) is 35.1. The predicted molar refractivity (Wildman–Crippen MR) is 272 cm³/mol. The first kappa shape index (κ1) is 46.7. The van der Waals surface area contributed by atoms with Gasteiger partial charge in [0.15, 0.2) is 0 Å². The number of nitrogens with two attached hydrogens (primary N) is 1. The number of carbonyl (C=O) groups excluding carboxylic acids is 1. The number of amides is 1. The molecule has 372 valence electrons. The molecule has 0 aromatic carbocycles. The maximum Gasteiger partial charge on any atom is 0.303 e. The fourth-order valence-corrected chi connectivity index (χ4v) is 11.5. The summed E-state index contributed by atoms with van der Waals surface area (Å²) in [5, 5.41) is 18.6. The third-order valence-corrected chi connectivity index (χ3v) is 15.1. The third-order valence-electron chi connectivity index (χ3n) is 15.1. The van der Waals surface area contributed by atoms with Crippen LogP contribution in [0.15, 0.2) is 73.6 Å². The van der Waals surface area contributed by atoms with E-state index in [1.165, 1.54) is 12.4 Å². The van der Waals surface area contributed by atoms with Crippen LogP contribution in [0, 0.1) is 23.7 Å². The van der Waals surface area contributed by atoms with Gasteiger partial charge in [0.25, 0.3) is 0 Å². The summed E-state index contributed by atoms with van der Waals surface area (Å²) in [5.41, 5.74) is 9.83. The van der Waals surface area contributed by atoms with Crippen LogP contribution in [0.3, 0.4) is 0 Å². The van der Waals surface area contributed by atoms with Crippen molar-refractivity contribution in [1.82, 2.24) is 49.0 Å². The minimum Gasteiger partial charge on any atom is -0.481 e. The van der Waals surface area contributed by atoms with E-state index in [1.807, 2.05) is 57.9 Å². The number of nitrogens with zero attached hydrogens (tertiary/aromatic N) is 12. The van der Waals surface area contributed by atoms with Gasteiger partial charge >= 0.3 is 5.97 Å². The van der Waals surface area contributed by atoms with E-state index in [4.69, 9.17) is 20.8 Å².